The largest absolute Gasteiger partial charge is 0.379 e. The lowest BCUT2D eigenvalue weighted by Gasteiger charge is -2.20. The Kier molecular flexibility index (Phi) is 16.3. The molecule has 0 aromatic carbocycles. The highest BCUT2D eigenvalue weighted by Crippen LogP contribution is 2.11. The first-order chi connectivity index (χ1) is 11.3. The van der Waals surface area contributed by atoms with Crippen molar-refractivity contribution < 1.29 is 9.47 Å². The molecule has 0 aromatic heterocycles. The van der Waals surface area contributed by atoms with Gasteiger partial charge in [-0.3, -0.25) is 4.99 Å². The molecule has 2 N–H and O–H groups in total. The summed E-state index contributed by atoms with van der Waals surface area (Å²) in [6.45, 7) is 11.9. The van der Waals surface area contributed by atoms with E-state index in [1.165, 1.54) is 12.8 Å². The van der Waals surface area contributed by atoms with Crippen LogP contribution in [0, 0.1) is 0 Å². The number of guanidine groups is 1. The summed E-state index contributed by atoms with van der Waals surface area (Å²) < 4.78 is 11.2. The molecule has 0 saturated carbocycles. The molecule has 0 aliphatic carbocycles. The van der Waals surface area contributed by atoms with Gasteiger partial charge in [0.2, 0.25) is 0 Å². The van der Waals surface area contributed by atoms with Crippen LogP contribution in [0.2, 0.25) is 0 Å². The maximum Gasteiger partial charge on any atom is 0.191 e. The van der Waals surface area contributed by atoms with Crippen LogP contribution in [-0.2, 0) is 9.47 Å². The molecule has 144 valence electrons. The Morgan fingerprint density at radius 3 is 2.67 bits per heavy atom. The van der Waals surface area contributed by atoms with Crippen molar-refractivity contribution in [3.05, 3.63) is 0 Å². The van der Waals surface area contributed by atoms with Gasteiger partial charge in [-0.25, -0.2) is 0 Å². The smallest absolute Gasteiger partial charge is 0.191 e. The molecule has 1 aliphatic rings. The number of nitrogens with one attached hydrogen (secondary N) is 2. The number of likely N-dealkylation sites (N-methyl/N-ethyl adjacent to an activating group) is 1. The molecule has 1 heterocycles. The van der Waals surface area contributed by atoms with Gasteiger partial charge in [-0.05, 0) is 38.8 Å². The number of halogens is 1. The van der Waals surface area contributed by atoms with Gasteiger partial charge in [0.1, 0.15) is 0 Å². The van der Waals surface area contributed by atoms with Crippen molar-refractivity contribution in [1.29, 1.82) is 0 Å². The molecule has 0 aromatic rings. The van der Waals surface area contributed by atoms with Gasteiger partial charge in [-0.1, -0.05) is 13.8 Å². The minimum Gasteiger partial charge on any atom is -0.379 e. The van der Waals surface area contributed by atoms with E-state index < -0.39 is 0 Å². The van der Waals surface area contributed by atoms with Crippen LogP contribution in [0.3, 0.4) is 0 Å². The third kappa shape index (κ3) is 11.4. The zero-order valence-electron chi connectivity index (χ0n) is 15.7. The van der Waals surface area contributed by atoms with Crippen molar-refractivity contribution in [2.45, 2.75) is 45.6 Å². The molecule has 1 fully saturated rings. The van der Waals surface area contributed by atoms with Gasteiger partial charge in [-0.15, -0.1) is 24.0 Å². The molecule has 1 rings (SSSR count). The molecular weight excluding hydrogens is 419 g/mol. The van der Waals surface area contributed by atoms with Gasteiger partial charge in [0, 0.05) is 39.9 Å². The summed E-state index contributed by atoms with van der Waals surface area (Å²) in [4.78, 5) is 6.70. The van der Waals surface area contributed by atoms with E-state index in [1.807, 2.05) is 7.05 Å². The van der Waals surface area contributed by atoms with Crippen LogP contribution in [0.25, 0.3) is 0 Å². The van der Waals surface area contributed by atoms with Crippen LogP contribution in [0.15, 0.2) is 4.99 Å². The van der Waals surface area contributed by atoms with Crippen molar-refractivity contribution >= 4 is 29.9 Å². The van der Waals surface area contributed by atoms with Crippen LogP contribution >= 0.6 is 24.0 Å². The maximum atomic E-state index is 5.66. The quantitative estimate of drug-likeness (QED) is 0.204. The van der Waals surface area contributed by atoms with Crippen molar-refractivity contribution in [3.8, 4) is 0 Å². The highest BCUT2D eigenvalue weighted by molar-refractivity contribution is 14.0. The van der Waals surface area contributed by atoms with Crippen LogP contribution in [-0.4, -0.2) is 76.6 Å². The van der Waals surface area contributed by atoms with Crippen LogP contribution < -0.4 is 10.6 Å². The van der Waals surface area contributed by atoms with Gasteiger partial charge in [-0.2, -0.15) is 0 Å². The molecule has 0 bridgehead atoms. The monoisotopic (exact) mass is 456 g/mol. The molecular formula is C17H37IN4O2. The summed E-state index contributed by atoms with van der Waals surface area (Å²) in [5.74, 6) is 0.872. The SMILES string of the molecule is CCCN(CC)CCNC(=NC)NCCCOCC1CCCO1.I. The van der Waals surface area contributed by atoms with Gasteiger partial charge < -0.3 is 25.0 Å². The molecule has 1 aliphatic heterocycles. The van der Waals surface area contributed by atoms with Crippen molar-refractivity contribution in [3.63, 3.8) is 0 Å². The van der Waals surface area contributed by atoms with Crippen molar-refractivity contribution in [2.24, 2.45) is 4.99 Å². The Morgan fingerprint density at radius 2 is 2.04 bits per heavy atom. The van der Waals surface area contributed by atoms with E-state index in [1.54, 1.807) is 0 Å². The highest BCUT2D eigenvalue weighted by atomic mass is 127. The van der Waals surface area contributed by atoms with Gasteiger partial charge in [0.15, 0.2) is 5.96 Å². The molecule has 1 unspecified atom stereocenters. The number of hydrogen-bond acceptors (Lipinski definition) is 4. The topological polar surface area (TPSA) is 58.1 Å². The average molecular weight is 456 g/mol. The molecule has 1 atom stereocenters. The first kappa shape index (κ1) is 23.9. The van der Waals surface area contributed by atoms with Crippen LogP contribution in [0.4, 0.5) is 0 Å². The summed E-state index contributed by atoms with van der Waals surface area (Å²) >= 11 is 0. The van der Waals surface area contributed by atoms with Gasteiger partial charge in [0.25, 0.3) is 0 Å². The fraction of sp³-hybridized carbons (Fsp3) is 0.941. The molecule has 1 saturated heterocycles. The minimum atomic E-state index is 0. The number of nitrogens with zero attached hydrogens (tertiary/aromatic N) is 2. The second-order valence-corrected chi connectivity index (χ2v) is 5.92. The van der Waals surface area contributed by atoms with E-state index in [2.05, 4.69) is 34.4 Å². The predicted molar refractivity (Wildman–Crippen MR) is 112 cm³/mol. The summed E-state index contributed by atoms with van der Waals surface area (Å²) in [7, 11) is 1.81. The number of ether oxygens (including phenoxy) is 2. The summed E-state index contributed by atoms with van der Waals surface area (Å²) in [6.07, 6.45) is 4.81. The second-order valence-electron chi connectivity index (χ2n) is 5.92. The Labute approximate surface area is 165 Å². The van der Waals surface area contributed by atoms with Crippen LogP contribution in [0.1, 0.15) is 39.5 Å². The minimum absolute atomic E-state index is 0. The molecule has 0 radical (unpaired) electrons. The average Bonchev–Trinajstić information content (AvgIpc) is 3.08. The normalized spacial score (nSPS) is 17.8. The lowest BCUT2D eigenvalue weighted by molar-refractivity contribution is 0.0168. The zero-order chi connectivity index (χ0) is 16.8. The Balaban J connectivity index is 0.00000529. The molecule has 24 heavy (non-hydrogen) atoms. The fourth-order valence-corrected chi connectivity index (χ4v) is 2.67. The van der Waals surface area contributed by atoms with E-state index in [-0.39, 0.29) is 24.0 Å². The summed E-state index contributed by atoms with van der Waals surface area (Å²) in [6, 6.07) is 0. The number of hydrogen-bond donors (Lipinski definition) is 2. The maximum absolute atomic E-state index is 5.66. The fourth-order valence-electron chi connectivity index (χ4n) is 2.67. The third-order valence-electron chi connectivity index (χ3n) is 4.02. The van der Waals surface area contributed by atoms with Gasteiger partial charge >= 0.3 is 0 Å². The first-order valence-corrected chi connectivity index (χ1v) is 9.16. The predicted octanol–water partition coefficient (Wildman–Crippen LogP) is 2.09. The highest BCUT2D eigenvalue weighted by Gasteiger charge is 2.14. The zero-order valence-corrected chi connectivity index (χ0v) is 18.0. The number of aliphatic imine (C=N–C) groups is 1. The van der Waals surface area contributed by atoms with Crippen molar-refractivity contribution in [1.82, 2.24) is 15.5 Å². The number of rotatable bonds is 12. The molecule has 7 heteroatoms. The molecule has 0 spiro atoms. The van der Waals surface area contributed by atoms with Crippen LogP contribution in [0.5, 0.6) is 0 Å². The second kappa shape index (κ2) is 16.4. The van der Waals surface area contributed by atoms with Crippen molar-refractivity contribution in [2.75, 3.05) is 59.6 Å². The lowest BCUT2D eigenvalue weighted by atomic mass is 10.2. The van der Waals surface area contributed by atoms with E-state index in [4.69, 9.17) is 9.47 Å². The van der Waals surface area contributed by atoms with Gasteiger partial charge in [0.05, 0.1) is 12.7 Å². The Morgan fingerprint density at radius 1 is 1.25 bits per heavy atom. The van der Waals surface area contributed by atoms with E-state index in [9.17, 15) is 0 Å². The van der Waals surface area contributed by atoms with E-state index in [0.29, 0.717) is 6.10 Å². The Hall–Kier alpha value is -0.120. The Bertz CT molecular complexity index is 313. The summed E-state index contributed by atoms with van der Waals surface area (Å²) in [5.41, 5.74) is 0. The standard InChI is InChI=1S/C17H36N4O2.HI/c1-4-11-21(5-2)12-10-20-17(18-3)19-9-7-13-22-15-16-8-6-14-23-16;/h16H,4-15H2,1-3H3,(H2,18,19,20);1H. The molecule has 0 amide bonds. The molecule has 6 nitrogen and oxygen atoms in total. The summed E-state index contributed by atoms with van der Waals surface area (Å²) in [5, 5.41) is 6.70. The van der Waals surface area contributed by atoms with E-state index >= 15 is 0 Å². The first-order valence-electron chi connectivity index (χ1n) is 9.16. The lowest BCUT2D eigenvalue weighted by Crippen LogP contribution is -2.42. The van der Waals surface area contributed by atoms with E-state index in [0.717, 1.165) is 71.3 Å². The third-order valence-corrected chi connectivity index (χ3v) is 4.02.